The zero-order valence-corrected chi connectivity index (χ0v) is 10.3. The minimum atomic E-state index is 0.480. The van der Waals surface area contributed by atoms with Gasteiger partial charge in [-0.25, -0.2) is 0 Å². The molecule has 1 N–H and O–H groups in total. The summed E-state index contributed by atoms with van der Waals surface area (Å²) in [6, 6.07) is 3.31. The molecule has 1 aliphatic rings. The molecule has 3 heteroatoms. The van der Waals surface area contributed by atoms with Crippen LogP contribution in [0.1, 0.15) is 36.2 Å². The molecule has 1 aromatic heterocycles. The topological polar surface area (TPSA) is 21.3 Å². The molecule has 0 amide bonds. The SMILES string of the molecule is Cc1ccsc1C(C)NC1CCOCC1. The van der Waals surface area contributed by atoms with Gasteiger partial charge in [-0.1, -0.05) is 0 Å². The number of hydrogen-bond acceptors (Lipinski definition) is 3. The van der Waals surface area contributed by atoms with Gasteiger partial charge in [-0.05, 0) is 43.7 Å². The molecular weight excluding hydrogens is 206 g/mol. The standard InChI is InChI=1S/C12H19NOS/c1-9-5-8-15-12(9)10(2)13-11-3-6-14-7-4-11/h5,8,10-11,13H,3-4,6-7H2,1-2H3. The van der Waals surface area contributed by atoms with Crippen LogP contribution in [0, 0.1) is 6.92 Å². The Hall–Kier alpha value is -0.380. The Labute approximate surface area is 95.6 Å². The molecule has 0 aliphatic carbocycles. The molecule has 1 atom stereocenters. The van der Waals surface area contributed by atoms with Crippen molar-refractivity contribution in [2.24, 2.45) is 0 Å². The van der Waals surface area contributed by atoms with Gasteiger partial charge in [0.1, 0.15) is 0 Å². The van der Waals surface area contributed by atoms with E-state index < -0.39 is 0 Å². The quantitative estimate of drug-likeness (QED) is 0.854. The molecule has 2 heterocycles. The second kappa shape index (κ2) is 5.10. The molecule has 0 saturated carbocycles. The Morgan fingerprint density at radius 1 is 1.47 bits per heavy atom. The van der Waals surface area contributed by atoms with Crippen LogP contribution in [0.15, 0.2) is 11.4 Å². The molecule has 2 nitrogen and oxygen atoms in total. The van der Waals surface area contributed by atoms with E-state index in [2.05, 4.69) is 30.6 Å². The van der Waals surface area contributed by atoms with Crippen molar-refractivity contribution in [3.05, 3.63) is 21.9 Å². The van der Waals surface area contributed by atoms with Crippen LogP contribution in [0.3, 0.4) is 0 Å². The van der Waals surface area contributed by atoms with Gasteiger partial charge in [-0.2, -0.15) is 0 Å². The van der Waals surface area contributed by atoms with E-state index in [1.54, 1.807) is 0 Å². The highest BCUT2D eigenvalue weighted by molar-refractivity contribution is 7.10. The Morgan fingerprint density at radius 2 is 2.20 bits per heavy atom. The minimum Gasteiger partial charge on any atom is -0.381 e. The number of thiophene rings is 1. The second-order valence-corrected chi connectivity index (χ2v) is 5.19. The third-order valence-electron chi connectivity index (χ3n) is 3.00. The fourth-order valence-corrected chi connectivity index (χ4v) is 3.07. The van der Waals surface area contributed by atoms with Gasteiger partial charge in [-0.15, -0.1) is 11.3 Å². The molecule has 2 rings (SSSR count). The van der Waals surface area contributed by atoms with E-state index in [9.17, 15) is 0 Å². The van der Waals surface area contributed by atoms with Gasteiger partial charge in [0.05, 0.1) is 0 Å². The molecule has 1 fully saturated rings. The van der Waals surface area contributed by atoms with Crippen LogP contribution in [-0.2, 0) is 4.74 Å². The van der Waals surface area contributed by atoms with E-state index in [0.717, 1.165) is 26.1 Å². The maximum Gasteiger partial charge on any atom is 0.0480 e. The summed E-state index contributed by atoms with van der Waals surface area (Å²) in [7, 11) is 0. The highest BCUT2D eigenvalue weighted by atomic mass is 32.1. The zero-order chi connectivity index (χ0) is 10.7. The van der Waals surface area contributed by atoms with E-state index in [0.29, 0.717) is 12.1 Å². The average molecular weight is 225 g/mol. The van der Waals surface area contributed by atoms with Crippen LogP contribution >= 0.6 is 11.3 Å². The van der Waals surface area contributed by atoms with Gasteiger partial charge < -0.3 is 10.1 Å². The lowest BCUT2D eigenvalue weighted by atomic mass is 10.1. The van der Waals surface area contributed by atoms with Gasteiger partial charge in [0, 0.05) is 30.2 Å². The van der Waals surface area contributed by atoms with E-state index in [1.807, 2.05) is 11.3 Å². The Kier molecular flexibility index (Phi) is 3.78. The van der Waals surface area contributed by atoms with Crippen molar-refractivity contribution in [2.75, 3.05) is 13.2 Å². The van der Waals surface area contributed by atoms with Crippen molar-refractivity contribution < 1.29 is 4.74 Å². The molecular formula is C12H19NOS. The molecule has 0 bridgehead atoms. The van der Waals surface area contributed by atoms with Crippen molar-refractivity contribution in [1.82, 2.24) is 5.32 Å². The second-order valence-electron chi connectivity index (χ2n) is 4.24. The summed E-state index contributed by atoms with van der Waals surface area (Å²) in [5.41, 5.74) is 1.41. The van der Waals surface area contributed by atoms with Crippen molar-refractivity contribution in [1.29, 1.82) is 0 Å². The number of rotatable bonds is 3. The fourth-order valence-electron chi connectivity index (χ4n) is 2.12. The van der Waals surface area contributed by atoms with Crippen LogP contribution < -0.4 is 5.32 Å². The lowest BCUT2D eigenvalue weighted by molar-refractivity contribution is 0.0755. The molecule has 84 valence electrons. The summed E-state index contributed by atoms with van der Waals surface area (Å²) in [5, 5.41) is 5.87. The van der Waals surface area contributed by atoms with Gasteiger partial charge in [0.25, 0.3) is 0 Å². The van der Waals surface area contributed by atoms with Crippen LogP contribution in [-0.4, -0.2) is 19.3 Å². The highest BCUT2D eigenvalue weighted by Crippen LogP contribution is 2.24. The van der Waals surface area contributed by atoms with Gasteiger partial charge >= 0.3 is 0 Å². The van der Waals surface area contributed by atoms with E-state index in [1.165, 1.54) is 10.4 Å². The van der Waals surface area contributed by atoms with E-state index in [4.69, 9.17) is 4.74 Å². The minimum absolute atomic E-state index is 0.480. The molecule has 1 aromatic rings. The first-order chi connectivity index (χ1) is 7.27. The Balaban J connectivity index is 1.91. The highest BCUT2D eigenvalue weighted by Gasteiger charge is 2.17. The Morgan fingerprint density at radius 3 is 2.80 bits per heavy atom. The fraction of sp³-hybridized carbons (Fsp3) is 0.667. The summed E-state index contributed by atoms with van der Waals surface area (Å²) < 4.78 is 5.36. The monoisotopic (exact) mass is 225 g/mol. The van der Waals surface area contributed by atoms with Gasteiger partial charge in [0.2, 0.25) is 0 Å². The lowest BCUT2D eigenvalue weighted by Crippen LogP contribution is -2.36. The third kappa shape index (κ3) is 2.80. The molecule has 1 aliphatic heterocycles. The predicted molar refractivity (Wildman–Crippen MR) is 64.4 cm³/mol. The van der Waals surface area contributed by atoms with E-state index in [-0.39, 0.29) is 0 Å². The van der Waals surface area contributed by atoms with Crippen molar-refractivity contribution in [2.45, 2.75) is 38.8 Å². The van der Waals surface area contributed by atoms with Crippen molar-refractivity contribution >= 4 is 11.3 Å². The first-order valence-electron chi connectivity index (χ1n) is 5.65. The maximum atomic E-state index is 5.36. The predicted octanol–water partition coefficient (Wildman–Crippen LogP) is 2.89. The largest absolute Gasteiger partial charge is 0.381 e. The molecule has 15 heavy (non-hydrogen) atoms. The van der Waals surface area contributed by atoms with Crippen LogP contribution in [0.25, 0.3) is 0 Å². The van der Waals surface area contributed by atoms with Gasteiger partial charge in [-0.3, -0.25) is 0 Å². The smallest absolute Gasteiger partial charge is 0.0480 e. The molecule has 0 spiro atoms. The molecule has 1 unspecified atom stereocenters. The molecule has 0 aromatic carbocycles. The summed E-state index contributed by atoms with van der Waals surface area (Å²) in [4.78, 5) is 1.47. The molecule has 0 radical (unpaired) electrons. The van der Waals surface area contributed by atoms with E-state index >= 15 is 0 Å². The van der Waals surface area contributed by atoms with Crippen LogP contribution in [0.2, 0.25) is 0 Å². The van der Waals surface area contributed by atoms with Crippen LogP contribution in [0.4, 0.5) is 0 Å². The Bertz CT molecular complexity index is 304. The van der Waals surface area contributed by atoms with Gasteiger partial charge in [0.15, 0.2) is 0 Å². The maximum absolute atomic E-state index is 5.36. The normalized spacial score (nSPS) is 20.4. The third-order valence-corrected chi connectivity index (χ3v) is 4.20. The number of nitrogens with one attached hydrogen (secondary N) is 1. The average Bonchev–Trinajstić information content (AvgIpc) is 2.66. The van der Waals surface area contributed by atoms with Crippen molar-refractivity contribution in [3.63, 3.8) is 0 Å². The van der Waals surface area contributed by atoms with Crippen LogP contribution in [0.5, 0.6) is 0 Å². The zero-order valence-electron chi connectivity index (χ0n) is 9.45. The number of aryl methyl sites for hydroxylation is 1. The number of ether oxygens (including phenoxy) is 1. The summed E-state index contributed by atoms with van der Waals surface area (Å²) in [5.74, 6) is 0. The lowest BCUT2D eigenvalue weighted by Gasteiger charge is -2.26. The van der Waals surface area contributed by atoms with Crippen molar-refractivity contribution in [3.8, 4) is 0 Å². The summed E-state index contributed by atoms with van der Waals surface area (Å²) >= 11 is 1.85. The number of hydrogen-bond donors (Lipinski definition) is 1. The molecule has 1 saturated heterocycles. The summed E-state index contributed by atoms with van der Waals surface area (Å²) in [6.07, 6.45) is 2.30. The first-order valence-corrected chi connectivity index (χ1v) is 6.53. The first kappa shape index (κ1) is 11.1. The summed E-state index contributed by atoms with van der Waals surface area (Å²) in [6.45, 7) is 6.27.